The number of amides is 1. The summed E-state index contributed by atoms with van der Waals surface area (Å²) in [6, 6.07) is 6.70. The molecule has 2 unspecified atom stereocenters. The van der Waals surface area contributed by atoms with Crippen molar-refractivity contribution in [2.45, 2.75) is 44.7 Å². The molecule has 3 heteroatoms. The molecule has 1 amide bonds. The molecule has 0 aromatic heterocycles. The van der Waals surface area contributed by atoms with Crippen LogP contribution in [0.15, 0.2) is 23.2 Å². The van der Waals surface area contributed by atoms with E-state index in [4.69, 9.17) is 4.99 Å². The van der Waals surface area contributed by atoms with Crippen LogP contribution in [0.5, 0.6) is 0 Å². The zero-order valence-electron chi connectivity index (χ0n) is 11.2. The average molecular weight is 254 g/mol. The van der Waals surface area contributed by atoms with Crippen molar-refractivity contribution < 1.29 is 4.79 Å². The predicted octanol–water partition coefficient (Wildman–Crippen LogP) is 2.43. The summed E-state index contributed by atoms with van der Waals surface area (Å²) in [6.07, 6.45) is 4.09. The molecule has 2 atom stereocenters. The summed E-state index contributed by atoms with van der Waals surface area (Å²) < 4.78 is 0. The van der Waals surface area contributed by atoms with Gasteiger partial charge in [0.25, 0.3) is 0 Å². The normalized spacial score (nSPS) is 28.6. The molecule has 0 N–H and O–H groups in total. The van der Waals surface area contributed by atoms with Crippen molar-refractivity contribution in [3.05, 3.63) is 34.9 Å². The first kappa shape index (κ1) is 11.2. The van der Waals surface area contributed by atoms with E-state index in [-0.39, 0.29) is 18.0 Å². The summed E-state index contributed by atoms with van der Waals surface area (Å²) in [5, 5.41) is 0. The second-order valence-electron chi connectivity index (χ2n) is 5.91. The highest BCUT2D eigenvalue weighted by atomic mass is 16.2. The van der Waals surface area contributed by atoms with Gasteiger partial charge in [0.1, 0.15) is 6.04 Å². The highest BCUT2D eigenvalue weighted by Gasteiger charge is 2.42. The average Bonchev–Trinajstić information content (AvgIpc) is 2.44. The zero-order chi connectivity index (χ0) is 13.0. The Kier molecular flexibility index (Phi) is 2.32. The molecule has 4 rings (SSSR count). The highest BCUT2D eigenvalue weighted by Crippen LogP contribution is 2.38. The first-order valence-corrected chi connectivity index (χ1v) is 7.20. The maximum absolute atomic E-state index is 12.5. The van der Waals surface area contributed by atoms with Gasteiger partial charge in [0.15, 0.2) is 0 Å². The summed E-state index contributed by atoms with van der Waals surface area (Å²) in [6.45, 7) is 2.98. The number of benzene rings is 1. The fraction of sp³-hybridized carbons (Fsp3) is 0.500. The van der Waals surface area contributed by atoms with E-state index in [0.29, 0.717) is 0 Å². The van der Waals surface area contributed by atoms with Crippen LogP contribution < -0.4 is 0 Å². The molecule has 98 valence electrons. The van der Waals surface area contributed by atoms with Gasteiger partial charge in [0, 0.05) is 12.3 Å². The first-order chi connectivity index (χ1) is 9.24. The highest BCUT2D eigenvalue weighted by molar-refractivity contribution is 6.01. The van der Waals surface area contributed by atoms with Crippen LogP contribution in [0, 0.1) is 6.92 Å². The van der Waals surface area contributed by atoms with Gasteiger partial charge in [-0.25, -0.2) is 0 Å². The molecule has 1 aromatic carbocycles. The van der Waals surface area contributed by atoms with E-state index in [1.165, 1.54) is 22.4 Å². The van der Waals surface area contributed by atoms with Crippen molar-refractivity contribution in [2.24, 2.45) is 4.99 Å². The van der Waals surface area contributed by atoms with Crippen LogP contribution in [0.3, 0.4) is 0 Å². The summed E-state index contributed by atoms with van der Waals surface area (Å²) in [7, 11) is 0. The minimum Gasteiger partial charge on any atom is -0.328 e. The van der Waals surface area contributed by atoms with Crippen LogP contribution in [0.25, 0.3) is 0 Å². The Morgan fingerprint density at radius 2 is 2.21 bits per heavy atom. The van der Waals surface area contributed by atoms with Gasteiger partial charge in [0.2, 0.25) is 5.91 Å². The minimum atomic E-state index is -0.0774. The van der Waals surface area contributed by atoms with Crippen LogP contribution in [0.4, 0.5) is 0 Å². The number of fused-ring (bicyclic) bond motifs is 5. The first-order valence-electron chi connectivity index (χ1n) is 7.20. The second-order valence-corrected chi connectivity index (χ2v) is 5.91. The van der Waals surface area contributed by atoms with Crippen LogP contribution in [0.2, 0.25) is 0 Å². The molecular formula is C16H18N2O. The van der Waals surface area contributed by atoms with Gasteiger partial charge < -0.3 is 4.90 Å². The van der Waals surface area contributed by atoms with Crippen molar-refractivity contribution in [3.8, 4) is 0 Å². The second kappa shape index (κ2) is 3.92. The Labute approximate surface area is 113 Å². The third-order valence-corrected chi connectivity index (χ3v) is 4.65. The molecule has 0 saturated heterocycles. The molecule has 3 aliphatic heterocycles. The third-order valence-electron chi connectivity index (χ3n) is 4.65. The van der Waals surface area contributed by atoms with Gasteiger partial charge >= 0.3 is 0 Å². The number of aryl methyl sites for hydroxylation is 1. The SMILES string of the molecule is Cc1ccc2c(c1)C1C3=NC(CCC3)C(=O)N1CC2. The van der Waals surface area contributed by atoms with E-state index >= 15 is 0 Å². The molecule has 3 nitrogen and oxygen atoms in total. The molecule has 0 radical (unpaired) electrons. The summed E-state index contributed by atoms with van der Waals surface area (Å²) in [5.74, 6) is 0.251. The Balaban J connectivity index is 1.88. The van der Waals surface area contributed by atoms with Crippen LogP contribution >= 0.6 is 0 Å². The molecule has 3 aliphatic rings. The Morgan fingerprint density at radius 3 is 3.11 bits per heavy atom. The van der Waals surface area contributed by atoms with Gasteiger partial charge in [-0.1, -0.05) is 23.8 Å². The number of rotatable bonds is 0. The fourth-order valence-electron chi connectivity index (χ4n) is 3.71. The molecule has 1 aromatic rings. The van der Waals surface area contributed by atoms with Crippen molar-refractivity contribution in [1.29, 1.82) is 0 Å². The maximum Gasteiger partial charge on any atom is 0.248 e. The number of carbonyl (C=O) groups is 1. The molecule has 2 bridgehead atoms. The van der Waals surface area contributed by atoms with E-state index in [9.17, 15) is 4.79 Å². The lowest BCUT2D eigenvalue weighted by atomic mass is 9.82. The topological polar surface area (TPSA) is 32.7 Å². The summed E-state index contributed by atoms with van der Waals surface area (Å²) >= 11 is 0. The maximum atomic E-state index is 12.5. The monoisotopic (exact) mass is 254 g/mol. The Morgan fingerprint density at radius 1 is 1.32 bits per heavy atom. The Hall–Kier alpha value is -1.64. The largest absolute Gasteiger partial charge is 0.328 e. The van der Waals surface area contributed by atoms with Crippen LogP contribution in [0.1, 0.15) is 42.0 Å². The van der Waals surface area contributed by atoms with E-state index in [1.807, 2.05) is 0 Å². The molecule has 0 fully saturated rings. The van der Waals surface area contributed by atoms with Gasteiger partial charge in [-0.05, 0) is 43.7 Å². The smallest absolute Gasteiger partial charge is 0.248 e. The molecule has 0 aliphatic carbocycles. The molecule has 0 spiro atoms. The summed E-state index contributed by atoms with van der Waals surface area (Å²) in [5.41, 5.74) is 5.22. The number of nitrogens with zero attached hydrogens (tertiary/aromatic N) is 2. The molecule has 3 heterocycles. The van der Waals surface area contributed by atoms with Gasteiger partial charge in [0.05, 0.1) is 6.04 Å². The van der Waals surface area contributed by atoms with Crippen molar-refractivity contribution in [1.82, 2.24) is 4.90 Å². The van der Waals surface area contributed by atoms with Gasteiger partial charge in [-0.2, -0.15) is 0 Å². The number of hydrogen-bond donors (Lipinski definition) is 0. The fourth-order valence-corrected chi connectivity index (χ4v) is 3.71. The van der Waals surface area contributed by atoms with Crippen LogP contribution in [-0.2, 0) is 11.2 Å². The zero-order valence-corrected chi connectivity index (χ0v) is 11.2. The van der Waals surface area contributed by atoms with Crippen molar-refractivity contribution >= 4 is 11.6 Å². The summed E-state index contributed by atoms with van der Waals surface area (Å²) in [4.78, 5) is 19.3. The van der Waals surface area contributed by atoms with E-state index in [1.54, 1.807) is 0 Å². The van der Waals surface area contributed by atoms with Gasteiger partial charge in [-0.15, -0.1) is 0 Å². The van der Waals surface area contributed by atoms with E-state index < -0.39 is 0 Å². The van der Waals surface area contributed by atoms with E-state index in [0.717, 1.165) is 32.2 Å². The van der Waals surface area contributed by atoms with Crippen molar-refractivity contribution in [2.75, 3.05) is 6.54 Å². The number of hydrogen-bond acceptors (Lipinski definition) is 2. The molecule has 19 heavy (non-hydrogen) atoms. The predicted molar refractivity (Wildman–Crippen MR) is 74.4 cm³/mol. The lowest BCUT2D eigenvalue weighted by Gasteiger charge is -2.44. The third kappa shape index (κ3) is 1.57. The molecule has 0 saturated carbocycles. The minimum absolute atomic E-state index is 0.0774. The Bertz CT molecular complexity index is 590. The number of carbonyl (C=O) groups excluding carboxylic acids is 1. The quantitative estimate of drug-likeness (QED) is 0.700. The van der Waals surface area contributed by atoms with E-state index in [2.05, 4.69) is 30.0 Å². The molecular weight excluding hydrogens is 236 g/mol. The number of aliphatic imine (C=N–C) groups is 1. The van der Waals surface area contributed by atoms with Gasteiger partial charge in [-0.3, -0.25) is 9.79 Å². The van der Waals surface area contributed by atoms with Crippen molar-refractivity contribution in [3.63, 3.8) is 0 Å². The van der Waals surface area contributed by atoms with Crippen LogP contribution in [-0.4, -0.2) is 29.1 Å². The lowest BCUT2D eigenvalue weighted by Crippen LogP contribution is -2.52. The standard InChI is InChI=1S/C16H18N2O/c1-10-5-6-11-7-8-18-15(12(11)9-10)13-3-2-4-14(17-13)16(18)19/h5-6,9,14-15H,2-4,7-8H2,1H3. The lowest BCUT2D eigenvalue weighted by molar-refractivity contribution is -0.135.